The summed E-state index contributed by atoms with van der Waals surface area (Å²) in [6, 6.07) is 12.2. The van der Waals surface area contributed by atoms with Crippen LogP contribution in [0.5, 0.6) is 0 Å². The number of thioether (sulfide) groups is 1. The molecule has 13 heteroatoms. The molecule has 0 bridgehead atoms. The second-order valence-electron chi connectivity index (χ2n) is 7.76. The van der Waals surface area contributed by atoms with Crippen LogP contribution in [0.15, 0.2) is 71.0 Å². The number of pyridine rings is 2. The Morgan fingerprint density at radius 2 is 1.89 bits per heavy atom. The molecule has 4 aromatic rings. The van der Waals surface area contributed by atoms with Gasteiger partial charge in [-0.3, -0.25) is 4.98 Å². The average molecular weight is 550 g/mol. The summed E-state index contributed by atoms with van der Waals surface area (Å²) in [6.45, 7) is 1.84. The molecule has 1 aromatic carbocycles. The van der Waals surface area contributed by atoms with Gasteiger partial charge in [0.25, 0.3) is 0 Å². The number of oxime groups is 1. The number of alkyl halides is 3. The van der Waals surface area contributed by atoms with Gasteiger partial charge < -0.3 is 4.84 Å². The molecule has 0 amide bonds. The van der Waals surface area contributed by atoms with Crippen molar-refractivity contribution < 1.29 is 26.4 Å². The molecule has 8 nitrogen and oxygen atoms in total. The van der Waals surface area contributed by atoms with Crippen LogP contribution in [0.3, 0.4) is 0 Å². The minimum atomic E-state index is -4.56. The summed E-state index contributed by atoms with van der Waals surface area (Å²) in [5.74, 6) is 0.361. The third-order valence-electron chi connectivity index (χ3n) is 5.30. The highest BCUT2D eigenvalue weighted by molar-refractivity contribution is 7.98. The van der Waals surface area contributed by atoms with E-state index in [2.05, 4.69) is 20.2 Å². The number of halogens is 3. The fraction of sp³-hybridized carbons (Fsp3) is 0.250. The van der Waals surface area contributed by atoms with E-state index >= 15 is 0 Å². The van der Waals surface area contributed by atoms with Gasteiger partial charge in [-0.15, -0.1) is 5.10 Å². The van der Waals surface area contributed by atoms with Crippen molar-refractivity contribution in [3.63, 3.8) is 0 Å². The van der Waals surface area contributed by atoms with Gasteiger partial charge in [0.15, 0.2) is 15.5 Å². The van der Waals surface area contributed by atoms with Crippen molar-refractivity contribution in [1.29, 1.82) is 0 Å². The number of fused-ring (bicyclic) bond motifs is 1. The predicted octanol–water partition coefficient (Wildman–Crippen LogP) is 4.74. The molecule has 0 saturated heterocycles. The van der Waals surface area contributed by atoms with Crippen molar-refractivity contribution in [1.82, 2.24) is 19.6 Å². The third-order valence-corrected chi connectivity index (χ3v) is 7.62. The maximum atomic E-state index is 13.1. The van der Waals surface area contributed by atoms with Crippen molar-refractivity contribution in [3.8, 4) is 11.5 Å². The first-order valence-corrected chi connectivity index (χ1v) is 14.1. The van der Waals surface area contributed by atoms with Crippen LogP contribution in [-0.2, 0) is 20.9 Å². The number of benzene rings is 1. The molecule has 194 valence electrons. The molecule has 0 aliphatic heterocycles. The number of hydrogen-bond donors (Lipinski definition) is 0. The smallest absolute Gasteiger partial charge is 0.394 e. The molecular weight excluding hydrogens is 527 g/mol. The number of sulfone groups is 1. The third kappa shape index (κ3) is 5.93. The van der Waals surface area contributed by atoms with Gasteiger partial charge in [-0.25, -0.2) is 17.9 Å². The summed E-state index contributed by atoms with van der Waals surface area (Å²) in [5, 5.41) is 8.42. The van der Waals surface area contributed by atoms with Gasteiger partial charge in [-0.05, 0) is 24.5 Å². The Morgan fingerprint density at radius 3 is 2.57 bits per heavy atom. The molecule has 3 heterocycles. The van der Waals surface area contributed by atoms with E-state index in [0.717, 1.165) is 22.8 Å². The fourth-order valence-corrected chi connectivity index (χ4v) is 4.69. The van der Waals surface area contributed by atoms with Gasteiger partial charge in [0, 0.05) is 29.3 Å². The minimum absolute atomic E-state index is 0.0708. The first-order chi connectivity index (χ1) is 17.6. The molecule has 3 aromatic heterocycles. The lowest BCUT2D eigenvalue weighted by atomic mass is 10.0. The van der Waals surface area contributed by atoms with E-state index in [-0.39, 0.29) is 27.8 Å². The lowest BCUT2D eigenvalue weighted by Gasteiger charge is -2.11. The Bertz CT molecular complexity index is 1540. The average Bonchev–Trinajstić information content (AvgIpc) is 3.32. The second-order valence-corrected chi connectivity index (χ2v) is 11.0. The van der Waals surface area contributed by atoms with Gasteiger partial charge in [0.1, 0.15) is 18.0 Å². The zero-order valence-electron chi connectivity index (χ0n) is 19.8. The van der Waals surface area contributed by atoms with Crippen molar-refractivity contribution in [2.45, 2.75) is 18.0 Å². The second kappa shape index (κ2) is 10.9. The summed E-state index contributed by atoms with van der Waals surface area (Å²) in [4.78, 5) is 13.8. The highest BCUT2D eigenvalue weighted by atomic mass is 32.2. The maximum Gasteiger partial charge on any atom is 0.416 e. The van der Waals surface area contributed by atoms with Crippen molar-refractivity contribution >= 4 is 33.0 Å². The minimum Gasteiger partial charge on any atom is -0.394 e. The van der Waals surface area contributed by atoms with Gasteiger partial charge in [0.05, 0.1) is 16.2 Å². The summed E-state index contributed by atoms with van der Waals surface area (Å²) in [7, 11) is -3.84. The predicted molar refractivity (Wildman–Crippen MR) is 135 cm³/mol. The molecule has 0 aliphatic rings. The highest BCUT2D eigenvalue weighted by Crippen LogP contribution is 2.31. The number of aromatic nitrogens is 4. The number of hydrogen-bond acceptors (Lipinski definition) is 8. The van der Waals surface area contributed by atoms with Crippen LogP contribution < -0.4 is 0 Å². The van der Waals surface area contributed by atoms with Crippen LogP contribution in [0.25, 0.3) is 17.2 Å². The van der Waals surface area contributed by atoms with Crippen LogP contribution in [0.1, 0.15) is 23.6 Å². The standard InChI is InChI=1S/C24H22F3N5O3S2/c1-3-37(33,34)19-13-17(21(31-35-11-12-36-2)16-7-5-4-6-8-16)15-28-22(19)23-29-20-14-18(24(25,26)27)9-10-32(20)30-23/h4-10,13-15H,3,11-12H2,1-2H3. The van der Waals surface area contributed by atoms with Gasteiger partial charge >= 0.3 is 6.18 Å². The van der Waals surface area contributed by atoms with E-state index in [1.54, 1.807) is 23.9 Å². The number of nitrogens with zero attached hydrogens (tertiary/aromatic N) is 5. The van der Waals surface area contributed by atoms with Gasteiger partial charge in [-0.1, -0.05) is 42.4 Å². The van der Waals surface area contributed by atoms with Crippen LogP contribution in [0.4, 0.5) is 13.2 Å². The zero-order valence-corrected chi connectivity index (χ0v) is 21.4. The lowest BCUT2D eigenvalue weighted by Crippen LogP contribution is -2.12. The molecule has 37 heavy (non-hydrogen) atoms. The van der Waals surface area contributed by atoms with Crippen LogP contribution in [0.2, 0.25) is 0 Å². The summed E-state index contributed by atoms with van der Waals surface area (Å²) < 4.78 is 66.7. The molecule has 4 rings (SSSR count). The lowest BCUT2D eigenvalue weighted by molar-refractivity contribution is -0.137. The molecule has 0 N–H and O–H groups in total. The monoisotopic (exact) mass is 549 g/mol. The normalized spacial score (nSPS) is 12.7. The van der Waals surface area contributed by atoms with Crippen molar-refractivity contribution in [3.05, 3.63) is 77.6 Å². The molecule has 0 saturated carbocycles. The Kier molecular flexibility index (Phi) is 7.83. The quantitative estimate of drug-likeness (QED) is 0.169. The SMILES string of the molecule is CCS(=O)(=O)c1cc(C(=NOCCSC)c2ccccc2)cnc1-c1nc2cc(C(F)(F)F)ccn2n1. The zero-order chi connectivity index (χ0) is 26.6. The fourth-order valence-electron chi connectivity index (χ4n) is 3.39. The Balaban J connectivity index is 1.85. The van der Waals surface area contributed by atoms with Gasteiger partial charge in [0.2, 0.25) is 5.82 Å². The molecule has 0 radical (unpaired) electrons. The summed E-state index contributed by atoms with van der Waals surface area (Å²) >= 11 is 1.59. The largest absolute Gasteiger partial charge is 0.416 e. The van der Waals surface area contributed by atoms with Crippen LogP contribution in [-0.4, -0.2) is 58.1 Å². The molecular formula is C24H22F3N5O3S2. The van der Waals surface area contributed by atoms with E-state index in [9.17, 15) is 21.6 Å². The van der Waals surface area contributed by atoms with Gasteiger partial charge in [-0.2, -0.15) is 24.9 Å². The first kappa shape index (κ1) is 26.6. The van der Waals surface area contributed by atoms with E-state index in [1.165, 1.54) is 19.2 Å². The summed E-state index contributed by atoms with van der Waals surface area (Å²) in [6.07, 6.45) is -0.0910. The van der Waals surface area contributed by atoms with E-state index in [4.69, 9.17) is 4.84 Å². The molecule has 0 atom stereocenters. The summed E-state index contributed by atoms with van der Waals surface area (Å²) in [5.41, 5.74) is 0.392. The molecule has 0 spiro atoms. The van der Waals surface area contributed by atoms with Crippen molar-refractivity contribution in [2.75, 3.05) is 24.4 Å². The Hall–Kier alpha value is -3.45. The molecule has 0 fully saturated rings. The number of rotatable bonds is 9. The maximum absolute atomic E-state index is 13.1. The Morgan fingerprint density at radius 1 is 1.14 bits per heavy atom. The topological polar surface area (TPSA) is 98.8 Å². The first-order valence-electron chi connectivity index (χ1n) is 11.1. The van der Waals surface area contributed by atoms with Crippen molar-refractivity contribution in [2.24, 2.45) is 5.16 Å². The van der Waals surface area contributed by atoms with E-state index < -0.39 is 21.6 Å². The van der Waals surface area contributed by atoms with Crippen LogP contribution >= 0.6 is 11.8 Å². The Labute approximate surface area is 215 Å². The van der Waals surface area contributed by atoms with E-state index in [0.29, 0.717) is 29.2 Å². The van der Waals surface area contributed by atoms with Crippen LogP contribution in [0, 0.1) is 0 Å². The molecule has 0 aliphatic carbocycles. The highest BCUT2D eigenvalue weighted by Gasteiger charge is 2.31. The van der Waals surface area contributed by atoms with E-state index in [1.807, 2.05) is 24.5 Å². The molecule has 0 unspecified atom stereocenters.